The molecule has 0 saturated carbocycles. The normalized spacial score (nSPS) is 15.1. The third kappa shape index (κ3) is 14.3. The van der Waals surface area contributed by atoms with Gasteiger partial charge in [0.25, 0.3) is 5.91 Å². The van der Waals surface area contributed by atoms with Crippen LogP contribution in [-0.2, 0) is 19.2 Å². The van der Waals surface area contributed by atoms with Crippen LogP contribution in [0.1, 0.15) is 91.4 Å². The fraction of sp³-hybridized carbons (Fsp3) is 0.697. The maximum atomic E-state index is 13.6. The molecule has 14 heteroatoms. The van der Waals surface area contributed by atoms with Crippen molar-refractivity contribution in [2.45, 2.75) is 111 Å². The van der Waals surface area contributed by atoms with Gasteiger partial charge >= 0.3 is 0 Å². The van der Waals surface area contributed by atoms with E-state index in [9.17, 15) is 34.3 Å². The third-order valence-corrected chi connectivity index (χ3v) is 7.88. The van der Waals surface area contributed by atoms with Crippen molar-refractivity contribution in [1.82, 2.24) is 31.9 Å². The van der Waals surface area contributed by atoms with Crippen molar-refractivity contribution in [2.75, 3.05) is 19.7 Å². The number of aliphatic hydroxyl groups excluding tert-OH is 1. The maximum absolute atomic E-state index is 13.6. The Bertz CT molecular complexity index is 1150. The number of nitrogens with one attached hydrogen (secondary N) is 6. The first kappa shape index (κ1) is 41.2. The van der Waals surface area contributed by atoms with Crippen molar-refractivity contribution in [3.63, 3.8) is 0 Å². The van der Waals surface area contributed by atoms with Gasteiger partial charge in [0.05, 0.1) is 12.2 Å². The quantitative estimate of drug-likeness (QED) is 0.0681. The lowest BCUT2D eigenvalue weighted by Gasteiger charge is -2.29. The van der Waals surface area contributed by atoms with E-state index in [0.29, 0.717) is 32.2 Å². The number of pyridine rings is 1. The number of amides is 5. The summed E-state index contributed by atoms with van der Waals surface area (Å²) in [7, 11) is 0. The summed E-state index contributed by atoms with van der Waals surface area (Å²) in [5.74, 6) is -2.46. The fourth-order valence-electron chi connectivity index (χ4n) is 4.98. The summed E-state index contributed by atoms with van der Waals surface area (Å²) in [6, 6.07) is -1.17. The Morgan fingerprint density at radius 2 is 1.40 bits per heavy atom. The molecule has 1 aromatic rings. The molecule has 0 aromatic carbocycles. The number of hydrogen-bond acceptors (Lipinski definition) is 8. The lowest BCUT2D eigenvalue weighted by molar-refractivity contribution is -0.904. The van der Waals surface area contributed by atoms with Gasteiger partial charge in [0.1, 0.15) is 24.2 Å². The zero-order chi connectivity index (χ0) is 35.7. The molecule has 0 fully saturated rings. The largest absolute Gasteiger partial charge is 0.394 e. The van der Waals surface area contributed by atoms with E-state index in [1.165, 1.54) is 24.5 Å². The fourth-order valence-corrected chi connectivity index (χ4v) is 4.98. The van der Waals surface area contributed by atoms with Crippen molar-refractivity contribution in [3.8, 4) is 0 Å². The Morgan fingerprint density at radius 1 is 0.787 bits per heavy atom. The second kappa shape index (κ2) is 21.2. The average molecular weight is 665 g/mol. The van der Waals surface area contributed by atoms with Crippen molar-refractivity contribution < 1.29 is 39.0 Å². The van der Waals surface area contributed by atoms with Gasteiger partial charge in [-0.3, -0.25) is 29.2 Å². The number of nitrogens with zero attached hydrogens (tertiary/aromatic N) is 1. The molecular formula is C33H58N7O7+. The van der Waals surface area contributed by atoms with Crippen LogP contribution in [0.15, 0.2) is 24.5 Å². The van der Waals surface area contributed by atoms with E-state index in [1.54, 1.807) is 6.92 Å². The Labute approximate surface area is 279 Å². The van der Waals surface area contributed by atoms with Gasteiger partial charge in [0, 0.05) is 36.0 Å². The molecule has 3 unspecified atom stereocenters. The first-order valence-corrected chi connectivity index (χ1v) is 16.7. The zero-order valence-corrected chi connectivity index (χ0v) is 29.3. The first-order chi connectivity index (χ1) is 22.2. The van der Waals surface area contributed by atoms with Crippen LogP contribution in [0.25, 0.3) is 0 Å². The molecule has 0 aliphatic carbocycles. The summed E-state index contributed by atoms with van der Waals surface area (Å²) in [5.41, 5.74) is 0.266. The van der Waals surface area contributed by atoms with Crippen LogP contribution in [0, 0.1) is 17.8 Å². The maximum Gasteiger partial charge on any atom is 0.252 e. The van der Waals surface area contributed by atoms with E-state index in [4.69, 9.17) is 0 Å². The molecule has 0 aliphatic rings. The SMILES string of the molecule is CCC[C@H](NC(=O)C(NC(=O)c1cc[n+](O)cc1)[C@@H](C)CC)C(=O)NC(CN[C@@H](CO)C(=O)NC(C(=O)NCC)C(C)C)CC(C)C. The van der Waals surface area contributed by atoms with E-state index in [1.807, 2.05) is 48.5 Å². The second-order valence-corrected chi connectivity index (χ2v) is 12.8. The molecule has 266 valence electrons. The molecule has 6 atom stereocenters. The van der Waals surface area contributed by atoms with E-state index in [-0.39, 0.29) is 35.8 Å². The topological polar surface area (TPSA) is 202 Å². The molecule has 0 spiro atoms. The van der Waals surface area contributed by atoms with Gasteiger partial charge in [-0.25, -0.2) is 0 Å². The molecule has 1 aromatic heterocycles. The first-order valence-electron chi connectivity index (χ1n) is 16.7. The summed E-state index contributed by atoms with van der Waals surface area (Å²) in [6.45, 7) is 15.1. The Morgan fingerprint density at radius 3 is 1.91 bits per heavy atom. The zero-order valence-electron chi connectivity index (χ0n) is 29.3. The number of aromatic nitrogens is 1. The van der Waals surface area contributed by atoms with E-state index in [2.05, 4.69) is 31.9 Å². The third-order valence-electron chi connectivity index (χ3n) is 7.88. The van der Waals surface area contributed by atoms with Crippen LogP contribution in [-0.4, -0.2) is 89.8 Å². The van der Waals surface area contributed by atoms with Crippen LogP contribution in [0.3, 0.4) is 0 Å². The molecule has 0 radical (unpaired) electrons. The molecule has 1 rings (SSSR count). The van der Waals surface area contributed by atoms with Crippen LogP contribution in [0.4, 0.5) is 0 Å². The van der Waals surface area contributed by atoms with Gasteiger partial charge < -0.3 is 37.0 Å². The summed E-state index contributed by atoms with van der Waals surface area (Å²) < 4.78 is 0.807. The molecule has 0 aliphatic heterocycles. The van der Waals surface area contributed by atoms with Crippen molar-refractivity contribution >= 4 is 29.5 Å². The predicted molar refractivity (Wildman–Crippen MR) is 177 cm³/mol. The van der Waals surface area contributed by atoms with Gasteiger partial charge in [-0.2, -0.15) is 0 Å². The number of hydrogen-bond donors (Lipinski definition) is 8. The summed E-state index contributed by atoms with van der Waals surface area (Å²) in [5, 5.41) is 36.5. The molecule has 0 saturated heterocycles. The monoisotopic (exact) mass is 664 g/mol. The summed E-state index contributed by atoms with van der Waals surface area (Å²) >= 11 is 0. The highest BCUT2D eigenvalue weighted by molar-refractivity contribution is 5.98. The summed E-state index contributed by atoms with van der Waals surface area (Å²) in [6.07, 6.45) is 4.72. The highest BCUT2D eigenvalue weighted by Crippen LogP contribution is 2.12. The van der Waals surface area contributed by atoms with Crippen molar-refractivity contribution in [1.29, 1.82) is 0 Å². The minimum atomic E-state index is -1.02. The highest BCUT2D eigenvalue weighted by atomic mass is 16.5. The van der Waals surface area contributed by atoms with Gasteiger partial charge in [-0.1, -0.05) is 61.3 Å². The minimum absolute atomic E-state index is 0.152. The number of rotatable bonds is 21. The van der Waals surface area contributed by atoms with E-state index >= 15 is 0 Å². The summed E-state index contributed by atoms with van der Waals surface area (Å²) in [4.78, 5) is 65.4. The molecule has 0 bridgehead atoms. The van der Waals surface area contributed by atoms with Crippen LogP contribution < -0.4 is 36.6 Å². The standard InChI is InChI=1S/C33H57N7O7/c1-9-12-25(37-33(46)28(22(8)10-2)39-29(42)23-13-15-40(47)16-14-23)30(43)36-24(17-20(4)5)18-35-26(19-41)31(44)38-27(21(6)7)32(45)34-11-3/h13-16,20-22,24-28,35,41H,9-12,17-19H2,1-8H3,(H5-,34,36,37,38,39,42,43,44,45,46,47)/p+1/t22-,24?,25-,26-,27?,28?/m0/s1. The van der Waals surface area contributed by atoms with Crippen LogP contribution in [0.2, 0.25) is 0 Å². The van der Waals surface area contributed by atoms with Gasteiger partial charge in [0.2, 0.25) is 36.0 Å². The molecule has 1 heterocycles. The smallest absolute Gasteiger partial charge is 0.252 e. The van der Waals surface area contributed by atoms with E-state index < -0.39 is 60.4 Å². The predicted octanol–water partition coefficient (Wildman–Crippen LogP) is 0.399. The van der Waals surface area contributed by atoms with E-state index in [0.717, 1.165) is 4.73 Å². The van der Waals surface area contributed by atoms with Crippen molar-refractivity contribution in [3.05, 3.63) is 30.1 Å². The molecule has 14 nitrogen and oxygen atoms in total. The Hall–Kier alpha value is -3.78. The van der Waals surface area contributed by atoms with Gasteiger partial charge in [-0.05, 0) is 37.5 Å². The lowest BCUT2D eigenvalue weighted by Crippen LogP contribution is -2.59. The molecular weight excluding hydrogens is 606 g/mol. The Kier molecular flexibility index (Phi) is 18.6. The number of carbonyl (C=O) groups is 5. The average Bonchev–Trinajstić information content (AvgIpc) is 3.01. The number of aliphatic hydroxyl groups is 1. The molecule has 8 N–H and O–H groups in total. The van der Waals surface area contributed by atoms with Crippen LogP contribution >= 0.6 is 0 Å². The van der Waals surface area contributed by atoms with Crippen LogP contribution in [0.5, 0.6) is 0 Å². The Balaban J connectivity index is 3.03. The number of carbonyl (C=O) groups excluding carboxylic acids is 5. The van der Waals surface area contributed by atoms with Crippen molar-refractivity contribution in [2.24, 2.45) is 17.8 Å². The second-order valence-electron chi connectivity index (χ2n) is 12.8. The minimum Gasteiger partial charge on any atom is -0.394 e. The highest BCUT2D eigenvalue weighted by Gasteiger charge is 2.32. The lowest BCUT2D eigenvalue weighted by atomic mass is 9.97. The van der Waals surface area contributed by atoms with Gasteiger partial charge in [-0.15, -0.1) is 0 Å². The van der Waals surface area contributed by atoms with Gasteiger partial charge in [0.15, 0.2) is 0 Å². The molecule has 47 heavy (non-hydrogen) atoms. The number of likely N-dealkylation sites (N-methyl/N-ethyl adjacent to an activating group) is 1. The molecule has 5 amide bonds.